The van der Waals surface area contributed by atoms with Gasteiger partial charge in [-0.1, -0.05) is 48.5 Å². The molecule has 5 heteroatoms. The topological polar surface area (TPSA) is 49.0 Å². The first-order valence-electron chi connectivity index (χ1n) is 9.51. The van der Waals surface area contributed by atoms with Gasteiger partial charge in [-0.05, 0) is 43.0 Å². The van der Waals surface area contributed by atoms with Gasteiger partial charge in [-0.3, -0.25) is 9.89 Å². The van der Waals surface area contributed by atoms with E-state index in [1.54, 1.807) is 24.1 Å². The molecule has 0 bridgehead atoms. The van der Waals surface area contributed by atoms with Crippen LogP contribution in [0.15, 0.2) is 54.6 Å². The number of likely N-dealkylation sites (N-methyl/N-ethyl adjacent to an activating group) is 1. The first-order valence-corrected chi connectivity index (χ1v) is 9.51. The van der Waals surface area contributed by atoms with E-state index >= 15 is 0 Å². The van der Waals surface area contributed by atoms with Crippen LogP contribution in [0.4, 0.5) is 4.39 Å². The van der Waals surface area contributed by atoms with Gasteiger partial charge in [0, 0.05) is 31.6 Å². The quantitative estimate of drug-likeness (QED) is 0.662. The van der Waals surface area contributed by atoms with Crippen molar-refractivity contribution in [3.8, 4) is 0 Å². The van der Waals surface area contributed by atoms with Gasteiger partial charge < -0.3 is 4.90 Å². The number of carbonyl (C=O) groups is 1. The Hall–Kier alpha value is -2.95. The number of H-pyrrole nitrogens is 1. The number of hydrogen-bond donors (Lipinski definition) is 1. The first-order chi connectivity index (χ1) is 13.5. The molecule has 1 atom stereocenters. The maximum absolute atomic E-state index is 14.5. The summed E-state index contributed by atoms with van der Waals surface area (Å²) in [7, 11) is 1.80. The summed E-state index contributed by atoms with van der Waals surface area (Å²) in [6.45, 7) is 4.55. The standard InChI is InChI=1S/C23H26FN3O/c1-16-19(17(2)26-25-16)13-14-27(3)23(28)15-21(18-9-5-4-6-10-18)20-11-7-8-12-22(20)24/h4-12,21H,13-15H2,1-3H3,(H,25,26)/t21-/m0/s1. The average molecular weight is 379 g/mol. The van der Waals surface area contributed by atoms with Gasteiger partial charge >= 0.3 is 0 Å². The van der Waals surface area contributed by atoms with Crippen LogP contribution in [0.5, 0.6) is 0 Å². The highest BCUT2D eigenvalue weighted by molar-refractivity contribution is 5.77. The second kappa shape index (κ2) is 8.83. The fourth-order valence-corrected chi connectivity index (χ4v) is 3.53. The van der Waals surface area contributed by atoms with E-state index in [2.05, 4.69) is 10.2 Å². The number of rotatable bonds is 7. The van der Waals surface area contributed by atoms with Gasteiger partial charge in [0.1, 0.15) is 5.82 Å². The number of carbonyl (C=O) groups excluding carboxylic acids is 1. The summed E-state index contributed by atoms with van der Waals surface area (Å²) in [6.07, 6.45) is 0.969. The Morgan fingerprint density at radius 1 is 1.11 bits per heavy atom. The number of benzene rings is 2. The minimum absolute atomic E-state index is 0.00379. The molecule has 1 aromatic heterocycles. The summed E-state index contributed by atoms with van der Waals surface area (Å²) in [4.78, 5) is 14.6. The Morgan fingerprint density at radius 2 is 1.79 bits per heavy atom. The van der Waals surface area contributed by atoms with E-state index in [9.17, 15) is 9.18 Å². The molecule has 0 fully saturated rings. The maximum atomic E-state index is 14.5. The summed E-state index contributed by atoms with van der Waals surface area (Å²) >= 11 is 0. The van der Waals surface area contributed by atoms with Crippen molar-refractivity contribution in [2.75, 3.05) is 13.6 Å². The lowest BCUT2D eigenvalue weighted by molar-refractivity contribution is -0.130. The monoisotopic (exact) mass is 379 g/mol. The van der Waals surface area contributed by atoms with Crippen molar-refractivity contribution in [2.24, 2.45) is 0 Å². The van der Waals surface area contributed by atoms with Gasteiger partial charge in [-0.2, -0.15) is 5.10 Å². The third kappa shape index (κ3) is 4.47. The molecule has 3 aromatic rings. The van der Waals surface area contributed by atoms with E-state index in [0.717, 1.165) is 28.9 Å². The number of aromatic amines is 1. The van der Waals surface area contributed by atoms with Crippen LogP contribution in [0, 0.1) is 19.7 Å². The van der Waals surface area contributed by atoms with Gasteiger partial charge in [-0.25, -0.2) is 4.39 Å². The summed E-state index contributed by atoms with van der Waals surface area (Å²) < 4.78 is 14.5. The highest BCUT2D eigenvalue weighted by Crippen LogP contribution is 2.30. The zero-order chi connectivity index (χ0) is 20.1. The minimum atomic E-state index is -0.310. The van der Waals surface area contributed by atoms with Crippen LogP contribution in [0.25, 0.3) is 0 Å². The molecule has 146 valence electrons. The Kier molecular flexibility index (Phi) is 6.24. The second-order valence-electron chi connectivity index (χ2n) is 7.17. The smallest absolute Gasteiger partial charge is 0.223 e. The molecule has 0 aliphatic rings. The fraction of sp³-hybridized carbons (Fsp3) is 0.304. The van der Waals surface area contributed by atoms with Crippen molar-refractivity contribution >= 4 is 5.91 Å². The number of aromatic nitrogens is 2. The highest BCUT2D eigenvalue weighted by Gasteiger charge is 2.23. The predicted octanol–water partition coefficient (Wildman–Crippen LogP) is 4.39. The van der Waals surface area contributed by atoms with Crippen molar-refractivity contribution in [1.29, 1.82) is 0 Å². The van der Waals surface area contributed by atoms with Crippen molar-refractivity contribution in [2.45, 2.75) is 32.6 Å². The van der Waals surface area contributed by atoms with Crippen molar-refractivity contribution < 1.29 is 9.18 Å². The summed E-state index contributed by atoms with van der Waals surface area (Å²) in [5.41, 5.74) is 4.64. The third-order valence-electron chi connectivity index (χ3n) is 5.27. The Labute approximate surface area is 165 Å². The SMILES string of the molecule is Cc1n[nH]c(C)c1CCN(C)C(=O)C[C@@H](c1ccccc1)c1ccccc1F. The van der Waals surface area contributed by atoms with E-state index in [1.807, 2.05) is 50.2 Å². The molecular weight excluding hydrogens is 353 g/mol. The predicted molar refractivity (Wildman–Crippen MR) is 109 cm³/mol. The largest absolute Gasteiger partial charge is 0.345 e. The lowest BCUT2D eigenvalue weighted by Crippen LogP contribution is -2.30. The molecular formula is C23H26FN3O. The summed E-state index contributed by atoms with van der Waals surface area (Å²) in [6, 6.07) is 16.3. The molecule has 0 aliphatic carbocycles. The number of hydrogen-bond acceptors (Lipinski definition) is 2. The number of halogens is 1. The first kappa shape index (κ1) is 19.8. The highest BCUT2D eigenvalue weighted by atomic mass is 19.1. The molecule has 28 heavy (non-hydrogen) atoms. The number of nitrogens with zero attached hydrogens (tertiary/aromatic N) is 2. The number of amides is 1. The normalized spacial score (nSPS) is 12.0. The van der Waals surface area contributed by atoms with Crippen LogP contribution in [-0.4, -0.2) is 34.6 Å². The molecule has 1 amide bonds. The van der Waals surface area contributed by atoms with Crippen molar-refractivity contribution in [3.63, 3.8) is 0 Å². The molecule has 0 saturated heterocycles. The average Bonchev–Trinajstić information content (AvgIpc) is 3.03. The molecule has 0 spiro atoms. The lowest BCUT2D eigenvalue weighted by Gasteiger charge is -2.23. The van der Waals surface area contributed by atoms with E-state index in [4.69, 9.17) is 0 Å². The van der Waals surface area contributed by atoms with Gasteiger partial charge in [0.25, 0.3) is 0 Å². The Balaban J connectivity index is 1.75. The third-order valence-corrected chi connectivity index (χ3v) is 5.27. The molecule has 0 radical (unpaired) electrons. The van der Waals surface area contributed by atoms with Crippen LogP contribution >= 0.6 is 0 Å². The van der Waals surface area contributed by atoms with E-state index in [-0.39, 0.29) is 24.1 Å². The molecule has 0 unspecified atom stereocenters. The number of nitrogens with one attached hydrogen (secondary N) is 1. The molecule has 1 N–H and O–H groups in total. The van der Waals surface area contributed by atoms with Crippen molar-refractivity contribution in [1.82, 2.24) is 15.1 Å². The van der Waals surface area contributed by atoms with Crippen LogP contribution in [-0.2, 0) is 11.2 Å². The Bertz CT molecular complexity index is 917. The van der Waals surface area contributed by atoms with Crippen LogP contribution in [0.3, 0.4) is 0 Å². The Morgan fingerprint density at radius 3 is 2.43 bits per heavy atom. The fourth-order valence-electron chi connectivity index (χ4n) is 3.53. The summed E-state index contributed by atoms with van der Waals surface area (Å²) in [5.74, 6) is -0.595. The van der Waals surface area contributed by atoms with Crippen molar-refractivity contribution in [3.05, 3.63) is 88.5 Å². The molecule has 0 aliphatic heterocycles. The molecule has 1 heterocycles. The van der Waals surface area contributed by atoms with Gasteiger partial charge in [0.2, 0.25) is 5.91 Å². The van der Waals surface area contributed by atoms with Crippen LogP contribution < -0.4 is 0 Å². The zero-order valence-corrected chi connectivity index (χ0v) is 16.6. The van der Waals surface area contributed by atoms with Gasteiger partial charge in [0.15, 0.2) is 0 Å². The second-order valence-corrected chi connectivity index (χ2v) is 7.17. The summed E-state index contributed by atoms with van der Waals surface area (Å²) in [5, 5.41) is 7.18. The molecule has 2 aromatic carbocycles. The van der Waals surface area contributed by atoms with Gasteiger partial charge in [0.05, 0.1) is 5.69 Å². The van der Waals surface area contributed by atoms with Crippen LogP contribution in [0.2, 0.25) is 0 Å². The van der Waals surface area contributed by atoms with Gasteiger partial charge in [-0.15, -0.1) is 0 Å². The molecule has 0 saturated carbocycles. The van der Waals surface area contributed by atoms with E-state index in [0.29, 0.717) is 12.1 Å². The van der Waals surface area contributed by atoms with E-state index in [1.165, 1.54) is 6.07 Å². The minimum Gasteiger partial charge on any atom is -0.345 e. The lowest BCUT2D eigenvalue weighted by atomic mass is 9.87. The van der Waals surface area contributed by atoms with E-state index < -0.39 is 0 Å². The van der Waals surface area contributed by atoms with Crippen LogP contribution in [0.1, 0.15) is 40.4 Å². The zero-order valence-electron chi connectivity index (χ0n) is 16.6. The molecule has 4 nitrogen and oxygen atoms in total. The maximum Gasteiger partial charge on any atom is 0.223 e. The molecule has 3 rings (SSSR count). The number of aryl methyl sites for hydroxylation is 2.